The number of furan rings is 1. The summed E-state index contributed by atoms with van der Waals surface area (Å²) in [5.74, 6) is -3.71. The Morgan fingerprint density at radius 2 is 2.27 bits per heavy atom. The summed E-state index contributed by atoms with van der Waals surface area (Å²) in [5.41, 5.74) is 0.351. The molecule has 0 fully saturated rings. The predicted octanol–water partition coefficient (Wildman–Crippen LogP) is 1.67. The Labute approximate surface area is 62.4 Å². The maximum atomic E-state index is 12.6. The van der Waals surface area contributed by atoms with Crippen LogP contribution in [0.4, 0.5) is 8.78 Å². The topological polar surface area (TPSA) is 33.4 Å². The van der Waals surface area contributed by atoms with E-state index in [1.165, 1.54) is 19.3 Å². The lowest BCUT2D eigenvalue weighted by molar-refractivity contribution is -0.0727. The molecule has 0 aliphatic rings. The molecule has 2 nitrogen and oxygen atoms in total. The summed E-state index contributed by atoms with van der Waals surface area (Å²) in [6, 6.07) is 1.43. The second kappa shape index (κ2) is 2.62. The van der Waals surface area contributed by atoms with Crippen LogP contribution in [0.3, 0.4) is 0 Å². The third-order valence-corrected chi connectivity index (χ3v) is 1.39. The van der Waals surface area contributed by atoms with E-state index >= 15 is 0 Å². The number of alkyl halides is 2. The van der Waals surface area contributed by atoms with Gasteiger partial charge in [-0.25, -0.2) is 0 Å². The highest BCUT2D eigenvalue weighted by molar-refractivity contribution is 5.19. The van der Waals surface area contributed by atoms with Crippen molar-refractivity contribution in [3.05, 3.63) is 23.7 Å². The van der Waals surface area contributed by atoms with Gasteiger partial charge >= 0.3 is 5.92 Å². The third-order valence-electron chi connectivity index (χ3n) is 1.39. The van der Waals surface area contributed by atoms with Crippen LogP contribution < -0.4 is 0 Å². The fraction of sp³-hybridized carbons (Fsp3) is 0.429. The number of halogens is 2. The first-order valence-electron chi connectivity index (χ1n) is 3.11. The molecule has 0 saturated heterocycles. The molecule has 0 unspecified atom stereocenters. The highest BCUT2D eigenvalue weighted by atomic mass is 19.3. The molecule has 62 valence electrons. The van der Waals surface area contributed by atoms with Gasteiger partial charge in [-0.05, 0) is 18.6 Å². The zero-order valence-corrected chi connectivity index (χ0v) is 5.97. The first kappa shape index (κ1) is 8.20. The maximum Gasteiger partial charge on any atom is 0.327 e. The number of rotatable bonds is 2. The van der Waals surface area contributed by atoms with Crippen LogP contribution in [0.2, 0.25) is 0 Å². The standard InChI is InChI=1S/C7H8F2O2/c1-5-2-3-11-6(5)7(8,9)4-10/h2-3,10H,4H2,1H3. The lowest BCUT2D eigenvalue weighted by atomic mass is 10.2. The van der Waals surface area contributed by atoms with Gasteiger partial charge in [0.05, 0.1) is 6.26 Å². The van der Waals surface area contributed by atoms with Gasteiger partial charge in [0.2, 0.25) is 0 Å². The molecule has 0 aliphatic heterocycles. The molecule has 1 rings (SSSR count). The van der Waals surface area contributed by atoms with E-state index < -0.39 is 18.3 Å². The fourth-order valence-electron chi connectivity index (χ4n) is 0.819. The summed E-state index contributed by atoms with van der Waals surface area (Å²) in [6.45, 7) is 0.282. The van der Waals surface area contributed by atoms with E-state index in [0.29, 0.717) is 5.56 Å². The molecule has 0 radical (unpaired) electrons. The van der Waals surface area contributed by atoms with Gasteiger partial charge in [-0.15, -0.1) is 0 Å². The van der Waals surface area contributed by atoms with Crippen LogP contribution in [0, 0.1) is 6.92 Å². The van der Waals surface area contributed by atoms with E-state index in [0.717, 1.165) is 0 Å². The molecule has 0 spiro atoms. The molecule has 1 heterocycles. The van der Waals surface area contributed by atoms with Crippen molar-refractivity contribution < 1.29 is 18.3 Å². The SMILES string of the molecule is Cc1ccoc1C(F)(F)CO. The molecule has 0 atom stereocenters. The van der Waals surface area contributed by atoms with Gasteiger partial charge in [-0.1, -0.05) is 0 Å². The Morgan fingerprint density at radius 1 is 1.64 bits per heavy atom. The lowest BCUT2D eigenvalue weighted by Crippen LogP contribution is -2.18. The van der Waals surface area contributed by atoms with Crippen molar-refractivity contribution in [1.29, 1.82) is 0 Å². The summed E-state index contributed by atoms with van der Waals surface area (Å²) >= 11 is 0. The van der Waals surface area contributed by atoms with E-state index in [1.54, 1.807) is 0 Å². The maximum absolute atomic E-state index is 12.6. The summed E-state index contributed by atoms with van der Waals surface area (Å²) in [5, 5.41) is 8.28. The van der Waals surface area contributed by atoms with Gasteiger partial charge in [0.15, 0.2) is 5.76 Å². The molecule has 0 saturated carbocycles. The predicted molar refractivity (Wildman–Crippen MR) is 34.4 cm³/mol. The molecule has 4 heteroatoms. The molecule has 0 aliphatic carbocycles. The zero-order chi connectivity index (χ0) is 8.48. The van der Waals surface area contributed by atoms with Gasteiger partial charge in [0.25, 0.3) is 0 Å². The quantitative estimate of drug-likeness (QED) is 0.717. The monoisotopic (exact) mass is 162 g/mol. The number of aryl methyl sites for hydroxylation is 1. The largest absolute Gasteiger partial charge is 0.463 e. The van der Waals surface area contributed by atoms with Crippen molar-refractivity contribution in [3.63, 3.8) is 0 Å². The Bertz CT molecular complexity index is 242. The fourth-order valence-corrected chi connectivity index (χ4v) is 0.819. The average molecular weight is 162 g/mol. The van der Waals surface area contributed by atoms with Crippen molar-refractivity contribution in [2.24, 2.45) is 0 Å². The van der Waals surface area contributed by atoms with Gasteiger partial charge in [-0.3, -0.25) is 0 Å². The average Bonchev–Trinajstić information content (AvgIpc) is 2.36. The molecule has 0 aromatic carbocycles. The Balaban J connectivity index is 3.00. The Kier molecular flexibility index (Phi) is 1.95. The van der Waals surface area contributed by atoms with Gasteiger partial charge < -0.3 is 9.52 Å². The van der Waals surface area contributed by atoms with Crippen LogP contribution in [-0.2, 0) is 5.92 Å². The Morgan fingerprint density at radius 3 is 2.64 bits per heavy atom. The minimum Gasteiger partial charge on any atom is -0.463 e. The van der Waals surface area contributed by atoms with E-state index in [-0.39, 0.29) is 0 Å². The summed E-state index contributed by atoms with van der Waals surface area (Å²) in [7, 11) is 0. The minimum atomic E-state index is -3.26. The van der Waals surface area contributed by atoms with E-state index in [1.807, 2.05) is 0 Å². The Hall–Kier alpha value is -0.900. The normalized spacial score (nSPS) is 12.0. The van der Waals surface area contributed by atoms with E-state index in [2.05, 4.69) is 4.42 Å². The molecule has 11 heavy (non-hydrogen) atoms. The van der Waals surface area contributed by atoms with Crippen LogP contribution in [0.5, 0.6) is 0 Å². The zero-order valence-electron chi connectivity index (χ0n) is 5.97. The third kappa shape index (κ3) is 1.40. The number of aliphatic hydroxyl groups is 1. The number of hydrogen-bond acceptors (Lipinski definition) is 2. The summed E-state index contributed by atoms with van der Waals surface area (Å²) < 4.78 is 29.8. The van der Waals surface area contributed by atoms with Crippen LogP contribution in [0.15, 0.2) is 16.7 Å². The van der Waals surface area contributed by atoms with Gasteiger partial charge in [0, 0.05) is 0 Å². The summed E-state index contributed by atoms with van der Waals surface area (Å²) in [6.07, 6.45) is 1.17. The van der Waals surface area contributed by atoms with Gasteiger partial charge in [0.1, 0.15) is 6.61 Å². The number of hydrogen-bond donors (Lipinski definition) is 1. The van der Waals surface area contributed by atoms with Crippen LogP contribution in [0.25, 0.3) is 0 Å². The lowest BCUT2D eigenvalue weighted by Gasteiger charge is -2.10. The molecular formula is C7H8F2O2. The van der Waals surface area contributed by atoms with Crippen molar-refractivity contribution in [2.75, 3.05) is 6.61 Å². The molecule has 0 bridgehead atoms. The molecule has 0 amide bonds. The first-order chi connectivity index (χ1) is 5.08. The summed E-state index contributed by atoms with van der Waals surface area (Å²) in [4.78, 5) is 0. The molecular weight excluding hydrogens is 154 g/mol. The molecule has 1 N–H and O–H groups in total. The van der Waals surface area contributed by atoms with Crippen LogP contribution >= 0.6 is 0 Å². The molecule has 1 aromatic heterocycles. The highest BCUT2D eigenvalue weighted by Gasteiger charge is 2.35. The second-order valence-corrected chi connectivity index (χ2v) is 2.30. The van der Waals surface area contributed by atoms with Crippen LogP contribution in [-0.4, -0.2) is 11.7 Å². The van der Waals surface area contributed by atoms with Crippen molar-refractivity contribution in [3.8, 4) is 0 Å². The number of aliphatic hydroxyl groups excluding tert-OH is 1. The van der Waals surface area contributed by atoms with Crippen LogP contribution in [0.1, 0.15) is 11.3 Å². The molecule has 1 aromatic rings. The van der Waals surface area contributed by atoms with E-state index in [9.17, 15) is 8.78 Å². The first-order valence-corrected chi connectivity index (χ1v) is 3.11. The van der Waals surface area contributed by atoms with Gasteiger partial charge in [-0.2, -0.15) is 8.78 Å². The highest BCUT2D eigenvalue weighted by Crippen LogP contribution is 2.30. The van der Waals surface area contributed by atoms with Crippen molar-refractivity contribution >= 4 is 0 Å². The van der Waals surface area contributed by atoms with Crippen molar-refractivity contribution in [1.82, 2.24) is 0 Å². The smallest absolute Gasteiger partial charge is 0.327 e. The van der Waals surface area contributed by atoms with E-state index in [4.69, 9.17) is 5.11 Å². The second-order valence-electron chi connectivity index (χ2n) is 2.30. The minimum absolute atomic E-state index is 0.351. The van der Waals surface area contributed by atoms with Crippen molar-refractivity contribution in [2.45, 2.75) is 12.8 Å².